The number of para-hydroxylation sites is 1. The summed E-state index contributed by atoms with van der Waals surface area (Å²) < 4.78 is 5.24. The molecular formula is C16H21N3O4. The van der Waals surface area contributed by atoms with Crippen molar-refractivity contribution >= 4 is 17.7 Å². The molecule has 0 aromatic heterocycles. The van der Waals surface area contributed by atoms with Crippen LogP contribution in [0.1, 0.15) is 12.5 Å². The average molecular weight is 319 g/mol. The first-order valence-corrected chi connectivity index (χ1v) is 7.40. The van der Waals surface area contributed by atoms with Crippen molar-refractivity contribution in [2.75, 3.05) is 26.7 Å². The van der Waals surface area contributed by atoms with E-state index in [0.29, 0.717) is 18.8 Å². The van der Waals surface area contributed by atoms with Crippen LogP contribution in [0, 0.1) is 0 Å². The number of carbonyl (C=O) groups excluding carboxylic acids is 3. The molecule has 1 heterocycles. The van der Waals surface area contributed by atoms with E-state index in [0.717, 1.165) is 5.56 Å². The lowest BCUT2D eigenvalue weighted by atomic mass is 10.1. The summed E-state index contributed by atoms with van der Waals surface area (Å²) in [6.45, 7) is 2.27. The zero-order valence-electron chi connectivity index (χ0n) is 13.3. The summed E-state index contributed by atoms with van der Waals surface area (Å²) in [5.74, 6) is -0.322. The second-order valence-electron chi connectivity index (χ2n) is 5.46. The van der Waals surface area contributed by atoms with Crippen molar-refractivity contribution in [1.82, 2.24) is 9.80 Å². The number of ether oxygens (including phenoxy) is 1. The number of amides is 3. The van der Waals surface area contributed by atoms with Crippen LogP contribution in [-0.4, -0.2) is 60.3 Å². The molecule has 0 saturated carbocycles. The molecular weight excluding hydrogens is 298 g/mol. The molecule has 2 rings (SSSR count). The predicted octanol–water partition coefficient (Wildman–Crippen LogP) is -0.218. The van der Waals surface area contributed by atoms with Gasteiger partial charge in [0.1, 0.15) is 11.8 Å². The molecule has 7 nitrogen and oxygen atoms in total. The number of piperazine rings is 1. The van der Waals surface area contributed by atoms with Crippen molar-refractivity contribution in [3.05, 3.63) is 29.8 Å². The van der Waals surface area contributed by atoms with Crippen LogP contribution in [0.15, 0.2) is 24.3 Å². The molecule has 1 aromatic rings. The number of carbonyl (C=O) groups is 3. The molecule has 0 unspecified atom stereocenters. The molecule has 124 valence electrons. The Balaban J connectivity index is 2.14. The lowest BCUT2D eigenvalue weighted by Gasteiger charge is -2.39. The van der Waals surface area contributed by atoms with E-state index in [1.807, 2.05) is 18.2 Å². The molecule has 7 heteroatoms. The number of hydrogen-bond acceptors (Lipinski definition) is 4. The average Bonchev–Trinajstić information content (AvgIpc) is 2.54. The summed E-state index contributed by atoms with van der Waals surface area (Å²) in [5, 5.41) is 0. The minimum atomic E-state index is -0.796. The molecule has 23 heavy (non-hydrogen) atoms. The number of nitrogens with zero attached hydrogens (tertiary/aromatic N) is 2. The lowest BCUT2D eigenvalue weighted by molar-refractivity contribution is -0.146. The Morgan fingerprint density at radius 2 is 1.96 bits per heavy atom. The summed E-state index contributed by atoms with van der Waals surface area (Å²) in [6, 6.07) is 6.44. The lowest BCUT2D eigenvalue weighted by Crippen LogP contribution is -2.60. The number of nitrogens with two attached hydrogens (primary N) is 1. The number of benzene rings is 1. The van der Waals surface area contributed by atoms with Gasteiger partial charge in [0, 0.05) is 25.6 Å². The van der Waals surface area contributed by atoms with E-state index in [1.165, 1.54) is 16.7 Å². The fraction of sp³-hybridized carbons (Fsp3) is 0.438. The van der Waals surface area contributed by atoms with Gasteiger partial charge in [0.2, 0.25) is 17.7 Å². The third-order valence-corrected chi connectivity index (χ3v) is 4.01. The third kappa shape index (κ3) is 3.80. The second-order valence-corrected chi connectivity index (χ2v) is 5.46. The smallest absolute Gasteiger partial charge is 0.242 e. The summed E-state index contributed by atoms with van der Waals surface area (Å²) in [4.78, 5) is 38.7. The van der Waals surface area contributed by atoms with Gasteiger partial charge in [-0.2, -0.15) is 0 Å². The summed E-state index contributed by atoms with van der Waals surface area (Å²) in [5.41, 5.74) is 6.16. The maximum absolute atomic E-state index is 12.6. The van der Waals surface area contributed by atoms with Crippen molar-refractivity contribution in [2.24, 2.45) is 5.73 Å². The second kappa shape index (κ2) is 7.13. The Labute approximate surface area is 135 Å². The normalized spacial score (nSPS) is 17.7. The zero-order valence-corrected chi connectivity index (χ0v) is 13.3. The molecule has 1 saturated heterocycles. The van der Waals surface area contributed by atoms with Crippen molar-refractivity contribution in [2.45, 2.75) is 19.4 Å². The SMILES string of the molecule is COc1ccccc1CC(=O)N1CCN(C(C)=O)C[C@@H]1C(N)=O. The van der Waals surface area contributed by atoms with Crippen molar-refractivity contribution < 1.29 is 19.1 Å². The maximum atomic E-state index is 12.6. The molecule has 1 aromatic carbocycles. The van der Waals surface area contributed by atoms with Gasteiger partial charge in [-0.3, -0.25) is 14.4 Å². The number of methoxy groups -OCH3 is 1. The van der Waals surface area contributed by atoms with Crippen LogP contribution in [0.2, 0.25) is 0 Å². The van der Waals surface area contributed by atoms with Gasteiger partial charge in [-0.25, -0.2) is 0 Å². The number of primary amides is 1. The van der Waals surface area contributed by atoms with Gasteiger partial charge in [0.25, 0.3) is 0 Å². The van der Waals surface area contributed by atoms with Crippen molar-refractivity contribution in [1.29, 1.82) is 0 Å². The van der Waals surface area contributed by atoms with Crippen LogP contribution >= 0.6 is 0 Å². The van der Waals surface area contributed by atoms with E-state index in [1.54, 1.807) is 13.2 Å². The highest BCUT2D eigenvalue weighted by Crippen LogP contribution is 2.20. The fourth-order valence-corrected chi connectivity index (χ4v) is 2.72. The summed E-state index contributed by atoms with van der Waals surface area (Å²) >= 11 is 0. The quantitative estimate of drug-likeness (QED) is 0.830. The summed E-state index contributed by atoms with van der Waals surface area (Å²) in [6.07, 6.45) is 0.119. The highest BCUT2D eigenvalue weighted by atomic mass is 16.5. The van der Waals surface area contributed by atoms with Crippen molar-refractivity contribution in [3.8, 4) is 5.75 Å². The minimum absolute atomic E-state index is 0.119. The molecule has 0 radical (unpaired) electrons. The number of rotatable bonds is 4. The Morgan fingerprint density at radius 3 is 2.57 bits per heavy atom. The zero-order chi connectivity index (χ0) is 17.0. The van der Waals surface area contributed by atoms with Gasteiger partial charge in [0.05, 0.1) is 20.1 Å². The molecule has 1 atom stereocenters. The first kappa shape index (κ1) is 16.8. The highest BCUT2D eigenvalue weighted by molar-refractivity contribution is 5.89. The van der Waals surface area contributed by atoms with E-state index in [4.69, 9.17) is 10.5 Å². The highest BCUT2D eigenvalue weighted by Gasteiger charge is 2.35. The van der Waals surface area contributed by atoms with Gasteiger partial charge < -0.3 is 20.3 Å². The maximum Gasteiger partial charge on any atom is 0.242 e. The molecule has 3 amide bonds. The molecule has 0 aliphatic carbocycles. The molecule has 0 bridgehead atoms. The Bertz CT molecular complexity index is 617. The van der Waals surface area contributed by atoms with Gasteiger partial charge >= 0.3 is 0 Å². The predicted molar refractivity (Wildman–Crippen MR) is 83.6 cm³/mol. The fourth-order valence-electron chi connectivity index (χ4n) is 2.72. The van der Waals surface area contributed by atoms with E-state index < -0.39 is 11.9 Å². The van der Waals surface area contributed by atoms with Crippen molar-refractivity contribution in [3.63, 3.8) is 0 Å². The number of hydrogen-bond donors (Lipinski definition) is 1. The van der Waals surface area contributed by atoms with Crippen LogP contribution in [-0.2, 0) is 20.8 Å². The molecule has 2 N–H and O–H groups in total. The van der Waals surface area contributed by atoms with Gasteiger partial charge in [-0.1, -0.05) is 18.2 Å². The molecule has 0 spiro atoms. The van der Waals surface area contributed by atoms with E-state index in [9.17, 15) is 14.4 Å². The monoisotopic (exact) mass is 319 g/mol. The van der Waals surface area contributed by atoms with Gasteiger partial charge in [-0.15, -0.1) is 0 Å². The van der Waals surface area contributed by atoms with Crippen LogP contribution in [0.25, 0.3) is 0 Å². The largest absolute Gasteiger partial charge is 0.496 e. The Kier molecular flexibility index (Phi) is 5.20. The Hall–Kier alpha value is -2.57. The first-order valence-electron chi connectivity index (χ1n) is 7.40. The van der Waals surface area contributed by atoms with Gasteiger partial charge in [0.15, 0.2) is 0 Å². The minimum Gasteiger partial charge on any atom is -0.496 e. The van der Waals surface area contributed by atoms with Crippen LogP contribution < -0.4 is 10.5 Å². The van der Waals surface area contributed by atoms with Gasteiger partial charge in [-0.05, 0) is 6.07 Å². The van der Waals surface area contributed by atoms with Crippen LogP contribution in [0.3, 0.4) is 0 Å². The molecule has 1 aliphatic rings. The van der Waals surface area contributed by atoms with E-state index >= 15 is 0 Å². The van der Waals surface area contributed by atoms with Crippen LogP contribution in [0.5, 0.6) is 5.75 Å². The van der Waals surface area contributed by atoms with Crippen LogP contribution in [0.4, 0.5) is 0 Å². The molecule has 1 aliphatic heterocycles. The van der Waals surface area contributed by atoms with E-state index in [-0.39, 0.29) is 24.8 Å². The third-order valence-electron chi connectivity index (χ3n) is 4.01. The first-order chi connectivity index (χ1) is 10.9. The topological polar surface area (TPSA) is 92.9 Å². The standard InChI is InChI=1S/C16H21N3O4/c1-11(20)18-7-8-19(13(10-18)16(17)22)15(21)9-12-5-3-4-6-14(12)23-2/h3-6,13H,7-10H2,1-2H3,(H2,17,22)/t13-/m1/s1. The molecule has 1 fully saturated rings. The van der Waals surface area contributed by atoms with E-state index in [2.05, 4.69) is 0 Å². The Morgan fingerprint density at radius 1 is 1.26 bits per heavy atom. The summed E-state index contributed by atoms with van der Waals surface area (Å²) in [7, 11) is 1.54.